The molecule has 0 spiro atoms. The number of aliphatic hydroxyl groups is 4. The van der Waals surface area contributed by atoms with E-state index in [1.54, 1.807) is 16.8 Å². The molecule has 1 fully saturated rings. The molecule has 3 heterocycles. The molecular weight excluding hydrogens is 314 g/mol. The summed E-state index contributed by atoms with van der Waals surface area (Å²) >= 11 is 5.99. The van der Waals surface area contributed by atoms with Crippen molar-refractivity contribution in [3.63, 3.8) is 0 Å². The Bertz CT molecular complexity index is 666. The number of fused-ring (bicyclic) bond motifs is 1. The van der Waals surface area contributed by atoms with Crippen LogP contribution < -0.4 is 0 Å². The molecule has 5 atom stereocenters. The molecule has 0 saturated carbocycles. The van der Waals surface area contributed by atoms with Crippen LogP contribution in [0.3, 0.4) is 0 Å². The molecule has 1 aliphatic rings. The smallest absolute Gasteiger partial charge is 0.161 e. The van der Waals surface area contributed by atoms with Crippen molar-refractivity contribution in [2.24, 2.45) is 0 Å². The Morgan fingerprint density at radius 3 is 2.77 bits per heavy atom. The molecule has 1 aliphatic heterocycles. The van der Waals surface area contributed by atoms with Crippen LogP contribution >= 0.6 is 11.6 Å². The Kier molecular flexibility index (Phi) is 4.31. The monoisotopic (exact) mass is 329 g/mol. The van der Waals surface area contributed by atoms with Crippen LogP contribution in [0, 0.1) is 0 Å². The summed E-state index contributed by atoms with van der Waals surface area (Å²) in [4.78, 5) is 8.00. The van der Waals surface area contributed by atoms with E-state index in [1.165, 1.54) is 6.33 Å². The number of rotatable bonds is 2. The van der Waals surface area contributed by atoms with Crippen molar-refractivity contribution in [3.05, 3.63) is 23.7 Å². The molecule has 9 heteroatoms. The Morgan fingerprint density at radius 1 is 1.27 bits per heavy atom. The minimum absolute atomic E-state index is 0.0964. The lowest BCUT2D eigenvalue weighted by molar-refractivity contribution is -0.146. The van der Waals surface area contributed by atoms with Crippen LogP contribution in [0.2, 0.25) is 5.15 Å². The fraction of sp³-hybridized carbons (Fsp3) is 0.538. The van der Waals surface area contributed by atoms with Crippen LogP contribution in [0.1, 0.15) is 12.6 Å². The Morgan fingerprint density at radius 2 is 2.05 bits per heavy atom. The summed E-state index contributed by atoms with van der Waals surface area (Å²) in [5.74, 6) is 0. The fourth-order valence-electron chi connectivity index (χ4n) is 2.65. The van der Waals surface area contributed by atoms with Gasteiger partial charge in [-0.3, -0.25) is 0 Å². The number of hydrogen-bond donors (Lipinski definition) is 4. The van der Waals surface area contributed by atoms with Gasteiger partial charge in [-0.15, -0.1) is 0 Å². The van der Waals surface area contributed by atoms with E-state index < -0.39 is 37.3 Å². The molecule has 0 radical (unpaired) electrons. The van der Waals surface area contributed by atoms with Crippen molar-refractivity contribution in [1.82, 2.24) is 14.5 Å². The van der Waals surface area contributed by atoms with Gasteiger partial charge in [0.1, 0.15) is 35.4 Å². The minimum Gasteiger partial charge on any atom is -0.394 e. The van der Waals surface area contributed by atoms with Gasteiger partial charge in [0.2, 0.25) is 0 Å². The normalized spacial score (nSPS) is 33.0. The number of halogens is 1. The molecule has 0 bridgehead atoms. The van der Waals surface area contributed by atoms with Crippen LogP contribution in [0.4, 0.5) is 0 Å². The highest BCUT2D eigenvalue weighted by atomic mass is 35.5. The maximum absolute atomic E-state index is 10.3. The van der Waals surface area contributed by atoms with Crippen molar-refractivity contribution < 1.29 is 25.2 Å². The largest absolute Gasteiger partial charge is 0.394 e. The number of hydrogen-bond acceptors (Lipinski definition) is 7. The minimum atomic E-state index is -1.29. The average Bonchev–Trinajstić information content (AvgIpc) is 2.88. The Labute approximate surface area is 130 Å². The Hall–Kier alpha value is -1.29. The van der Waals surface area contributed by atoms with E-state index in [0.29, 0.717) is 11.0 Å². The maximum atomic E-state index is 10.3. The van der Waals surface area contributed by atoms with E-state index >= 15 is 0 Å². The van der Waals surface area contributed by atoms with Crippen LogP contribution in [0.15, 0.2) is 18.6 Å². The van der Waals surface area contributed by atoms with Gasteiger partial charge in [-0.25, -0.2) is 9.97 Å². The van der Waals surface area contributed by atoms with E-state index in [4.69, 9.17) is 16.3 Å². The standard InChI is InChI=1S/C13H16ClN3O5/c14-11-6-1-2-17(12(6)16-5-15-11)13-8(20)3-7(19)10(21)9(4-18)22-13/h1-2,5,7-10,13,18-21H,3-4H2/t7-,8-,9-,10+,13-/m1/s1. The SMILES string of the molecule is OC[C@H]1O[C@@H](n2ccc3c(Cl)ncnc32)[C@H](O)C[C@@H](O)[C@@H]1O. The summed E-state index contributed by atoms with van der Waals surface area (Å²) in [6, 6.07) is 1.68. The third-order valence-electron chi connectivity index (χ3n) is 3.82. The molecule has 0 amide bonds. The van der Waals surface area contributed by atoms with Gasteiger partial charge in [0.05, 0.1) is 18.1 Å². The lowest BCUT2D eigenvalue weighted by atomic mass is 10.0. The van der Waals surface area contributed by atoms with E-state index in [0.717, 1.165) is 0 Å². The fourth-order valence-corrected chi connectivity index (χ4v) is 2.84. The zero-order valence-corrected chi connectivity index (χ0v) is 12.2. The molecule has 120 valence electrons. The summed E-state index contributed by atoms with van der Waals surface area (Å²) in [6.07, 6.45) is -2.71. The van der Waals surface area contributed by atoms with Gasteiger partial charge < -0.3 is 29.7 Å². The first-order valence-electron chi connectivity index (χ1n) is 6.80. The van der Waals surface area contributed by atoms with Gasteiger partial charge in [0.25, 0.3) is 0 Å². The summed E-state index contributed by atoms with van der Waals surface area (Å²) in [6.45, 7) is -0.490. The van der Waals surface area contributed by atoms with Crippen LogP contribution in [-0.4, -0.2) is 66.0 Å². The molecule has 2 aromatic heterocycles. The Balaban J connectivity index is 2.02. The van der Waals surface area contributed by atoms with E-state index in [9.17, 15) is 20.4 Å². The van der Waals surface area contributed by atoms with Crippen LogP contribution in [-0.2, 0) is 4.74 Å². The molecule has 2 aromatic rings. The van der Waals surface area contributed by atoms with Gasteiger partial charge >= 0.3 is 0 Å². The van der Waals surface area contributed by atoms with Crippen molar-refractivity contribution in [2.75, 3.05) is 6.61 Å². The third kappa shape index (κ3) is 2.58. The molecule has 4 N–H and O–H groups in total. The molecule has 22 heavy (non-hydrogen) atoms. The number of aliphatic hydroxyl groups excluding tert-OH is 4. The lowest BCUT2D eigenvalue weighted by Gasteiger charge is -2.26. The third-order valence-corrected chi connectivity index (χ3v) is 4.12. The average molecular weight is 330 g/mol. The zero-order chi connectivity index (χ0) is 15.9. The molecule has 8 nitrogen and oxygen atoms in total. The zero-order valence-electron chi connectivity index (χ0n) is 11.4. The van der Waals surface area contributed by atoms with Gasteiger partial charge in [-0.2, -0.15) is 0 Å². The first-order valence-corrected chi connectivity index (χ1v) is 7.18. The quantitative estimate of drug-likeness (QED) is 0.545. The van der Waals surface area contributed by atoms with Gasteiger partial charge in [0, 0.05) is 12.6 Å². The summed E-state index contributed by atoms with van der Waals surface area (Å²) in [7, 11) is 0. The van der Waals surface area contributed by atoms with E-state index in [1.807, 2.05) is 0 Å². The van der Waals surface area contributed by atoms with Gasteiger partial charge in [0.15, 0.2) is 6.23 Å². The van der Waals surface area contributed by atoms with Crippen molar-refractivity contribution >= 4 is 22.6 Å². The van der Waals surface area contributed by atoms with E-state index in [-0.39, 0.29) is 11.6 Å². The highest BCUT2D eigenvalue weighted by Crippen LogP contribution is 2.31. The predicted molar refractivity (Wildman–Crippen MR) is 76.2 cm³/mol. The first kappa shape index (κ1) is 15.6. The summed E-state index contributed by atoms with van der Waals surface area (Å²) in [5, 5.41) is 40.2. The van der Waals surface area contributed by atoms with Crippen LogP contribution in [0.25, 0.3) is 11.0 Å². The predicted octanol–water partition coefficient (Wildman–Crippen LogP) is -0.553. The highest BCUT2D eigenvalue weighted by molar-refractivity contribution is 6.33. The van der Waals surface area contributed by atoms with Gasteiger partial charge in [-0.1, -0.05) is 11.6 Å². The summed E-state index contributed by atoms with van der Waals surface area (Å²) in [5.41, 5.74) is 0.451. The van der Waals surface area contributed by atoms with Crippen molar-refractivity contribution in [3.8, 4) is 0 Å². The second-order valence-electron chi connectivity index (χ2n) is 5.23. The lowest BCUT2D eigenvalue weighted by Crippen LogP contribution is -2.39. The summed E-state index contributed by atoms with van der Waals surface area (Å²) < 4.78 is 7.14. The maximum Gasteiger partial charge on any atom is 0.161 e. The van der Waals surface area contributed by atoms with Gasteiger partial charge in [-0.05, 0) is 6.07 Å². The molecule has 0 aromatic carbocycles. The van der Waals surface area contributed by atoms with Crippen molar-refractivity contribution in [1.29, 1.82) is 0 Å². The van der Waals surface area contributed by atoms with Crippen LogP contribution in [0.5, 0.6) is 0 Å². The molecule has 1 saturated heterocycles. The molecule has 0 aliphatic carbocycles. The number of nitrogens with zero attached hydrogens (tertiary/aromatic N) is 3. The van der Waals surface area contributed by atoms with E-state index in [2.05, 4.69) is 9.97 Å². The second kappa shape index (κ2) is 6.07. The number of aromatic nitrogens is 3. The second-order valence-corrected chi connectivity index (χ2v) is 5.59. The number of ether oxygens (including phenoxy) is 1. The van der Waals surface area contributed by atoms with Crippen molar-refractivity contribution in [2.45, 2.75) is 37.1 Å². The molecule has 3 rings (SSSR count). The first-order chi connectivity index (χ1) is 10.5. The molecular formula is C13H16ClN3O5. The molecule has 0 unspecified atom stereocenters. The topological polar surface area (TPSA) is 121 Å². The highest BCUT2D eigenvalue weighted by Gasteiger charge is 2.39.